The van der Waals surface area contributed by atoms with E-state index in [1.54, 1.807) is 36.1 Å². The third-order valence-corrected chi connectivity index (χ3v) is 5.82. The molecular weight excluding hydrogens is 443 g/mol. The summed E-state index contributed by atoms with van der Waals surface area (Å²) in [5.74, 6) is 0.0767. The van der Waals surface area contributed by atoms with Crippen LogP contribution >= 0.6 is 0 Å². The maximum atomic E-state index is 13.5. The molecule has 1 fully saturated rings. The predicted molar refractivity (Wildman–Crippen MR) is 121 cm³/mol. The summed E-state index contributed by atoms with van der Waals surface area (Å²) in [5.41, 5.74) is 2.30. The van der Waals surface area contributed by atoms with Crippen LogP contribution in [0.4, 0.5) is 15.9 Å². The van der Waals surface area contributed by atoms with Crippen molar-refractivity contribution in [1.29, 1.82) is 0 Å². The van der Waals surface area contributed by atoms with Gasteiger partial charge in [-0.3, -0.25) is 14.9 Å². The third-order valence-electron chi connectivity index (χ3n) is 5.82. The number of nitro groups is 1. The Morgan fingerprint density at radius 1 is 1.12 bits per heavy atom. The summed E-state index contributed by atoms with van der Waals surface area (Å²) >= 11 is 0. The number of amides is 1. The molecule has 11 heteroatoms. The lowest BCUT2D eigenvalue weighted by Crippen LogP contribution is -2.49. The number of fused-ring (bicyclic) bond motifs is 1. The Hall–Kier alpha value is -4.41. The van der Waals surface area contributed by atoms with E-state index < -0.39 is 4.92 Å². The first-order chi connectivity index (χ1) is 16.4. The largest absolute Gasteiger partial charge is 0.353 e. The van der Waals surface area contributed by atoms with Crippen molar-refractivity contribution in [3.05, 3.63) is 75.9 Å². The van der Waals surface area contributed by atoms with Gasteiger partial charge in [-0.25, -0.2) is 14.4 Å². The summed E-state index contributed by atoms with van der Waals surface area (Å²) in [6.45, 7) is 3.69. The van der Waals surface area contributed by atoms with E-state index in [4.69, 9.17) is 4.52 Å². The van der Waals surface area contributed by atoms with Crippen molar-refractivity contribution in [2.24, 2.45) is 0 Å². The molecule has 1 aromatic carbocycles. The van der Waals surface area contributed by atoms with E-state index in [0.717, 1.165) is 0 Å². The normalized spacial score (nSPS) is 13.9. The topological polar surface area (TPSA) is 119 Å². The molecule has 1 amide bonds. The van der Waals surface area contributed by atoms with Gasteiger partial charge in [-0.05, 0) is 43.3 Å². The van der Waals surface area contributed by atoms with Crippen LogP contribution in [-0.4, -0.2) is 57.0 Å². The van der Waals surface area contributed by atoms with Crippen LogP contribution in [0.1, 0.15) is 16.1 Å². The van der Waals surface area contributed by atoms with Gasteiger partial charge in [0.2, 0.25) is 0 Å². The average Bonchev–Trinajstić information content (AvgIpc) is 3.24. The molecule has 0 atom stereocenters. The maximum Gasteiger partial charge on any atom is 0.287 e. The van der Waals surface area contributed by atoms with Crippen LogP contribution in [0.2, 0.25) is 0 Å². The van der Waals surface area contributed by atoms with Crippen LogP contribution in [-0.2, 0) is 0 Å². The first kappa shape index (κ1) is 21.4. The summed E-state index contributed by atoms with van der Waals surface area (Å²) in [6.07, 6.45) is 1.23. The average molecular weight is 462 g/mol. The Bertz CT molecular complexity index is 1380. The summed E-state index contributed by atoms with van der Waals surface area (Å²) in [5, 5.41) is 15.4. The summed E-state index contributed by atoms with van der Waals surface area (Å²) < 4.78 is 18.7. The van der Waals surface area contributed by atoms with Gasteiger partial charge in [0.05, 0.1) is 27.3 Å². The fourth-order valence-corrected chi connectivity index (χ4v) is 4.01. The van der Waals surface area contributed by atoms with Gasteiger partial charge in [0, 0.05) is 37.8 Å². The van der Waals surface area contributed by atoms with Crippen LogP contribution < -0.4 is 4.90 Å². The van der Waals surface area contributed by atoms with Crippen LogP contribution in [0.25, 0.3) is 22.4 Å². The summed E-state index contributed by atoms with van der Waals surface area (Å²) in [4.78, 5) is 36.2. The van der Waals surface area contributed by atoms with Crippen molar-refractivity contribution in [1.82, 2.24) is 20.0 Å². The first-order valence-corrected chi connectivity index (χ1v) is 10.6. The van der Waals surface area contributed by atoms with E-state index in [9.17, 15) is 19.3 Å². The highest BCUT2D eigenvalue weighted by molar-refractivity contribution is 6.07. The van der Waals surface area contributed by atoms with Gasteiger partial charge in [-0.1, -0.05) is 5.16 Å². The van der Waals surface area contributed by atoms with E-state index in [-0.39, 0.29) is 23.1 Å². The molecule has 172 valence electrons. The molecule has 3 aromatic heterocycles. The molecule has 34 heavy (non-hydrogen) atoms. The third kappa shape index (κ3) is 3.91. The molecule has 1 aliphatic rings. The minimum atomic E-state index is -0.490. The fourth-order valence-electron chi connectivity index (χ4n) is 4.01. The second kappa shape index (κ2) is 8.50. The molecule has 0 unspecified atom stereocenters. The Balaban J connectivity index is 1.39. The zero-order chi connectivity index (χ0) is 23.8. The van der Waals surface area contributed by atoms with E-state index >= 15 is 0 Å². The van der Waals surface area contributed by atoms with E-state index in [1.807, 2.05) is 4.90 Å². The van der Waals surface area contributed by atoms with E-state index in [2.05, 4.69) is 15.1 Å². The first-order valence-electron chi connectivity index (χ1n) is 10.6. The number of nitrogens with zero attached hydrogens (tertiary/aromatic N) is 6. The lowest BCUT2D eigenvalue weighted by atomic mass is 10.0. The fraction of sp³-hybridized carbons (Fsp3) is 0.217. The molecule has 5 rings (SSSR count). The molecule has 0 saturated carbocycles. The van der Waals surface area contributed by atoms with Crippen LogP contribution in [0.15, 0.2) is 53.2 Å². The second-order valence-corrected chi connectivity index (χ2v) is 7.92. The van der Waals surface area contributed by atoms with Crippen molar-refractivity contribution in [3.8, 4) is 11.3 Å². The zero-order valence-corrected chi connectivity index (χ0v) is 18.1. The van der Waals surface area contributed by atoms with Crippen molar-refractivity contribution in [3.63, 3.8) is 0 Å². The van der Waals surface area contributed by atoms with Gasteiger partial charge in [0.25, 0.3) is 17.3 Å². The van der Waals surface area contributed by atoms with Crippen molar-refractivity contribution < 1.29 is 18.6 Å². The number of halogens is 1. The Morgan fingerprint density at radius 2 is 1.85 bits per heavy atom. The Kier molecular flexibility index (Phi) is 5.36. The zero-order valence-electron chi connectivity index (χ0n) is 18.1. The highest BCUT2D eigenvalue weighted by Crippen LogP contribution is 2.28. The molecule has 0 N–H and O–H groups in total. The van der Waals surface area contributed by atoms with Crippen molar-refractivity contribution in [2.45, 2.75) is 6.92 Å². The molecule has 4 aromatic rings. The molecule has 0 radical (unpaired) electrons. The number of carbonyl (C=O) groups excluding carboxylic acids is 1. The van der Waals surface area contributed by atoms with Crippen LogP contribution in [0.5, 0.6) is 0 Å². The number of carbonyl (C=O) groups is 1. The highest BCUT2D eigenvalue weighted by Gasteiger charge is 2.27. The van der Waals surface area contributed by atoms with Gasteiger partial charge >= 0.3 is 0 Å². The number of pyridine rings is 2. The molecule has 0 bridgehead atoms. The highest BCUT2D eigenvalue weighted by atomic mass is 19.1. The van der Waals surface area contributed by atoms with Gasteiger partial charge in [0.1, 0.15) is 17.8 Å². The molecule has 0 spiro atoms. The smallest absolute Gasteiger partial charge is 0.287 e. The van der Waals surface area contributed by atoms with Gasteiger partial charge in [0.15, 0.2) is 0 Å². The Labute approximate surface area is 192 Å². The lowest BCUT2D eigenvalue weighted by molar-refractivity contribution is -0.385. The van der Waals surface area contributed by atoms with Crippen LogP contribution in [0.3, 0.4) is 0 Å². The second-order valence-electron chi connectivity index (χ2n) is 7.92. The molecule has 1 aliphatic heterocycles. The monoisotopic (exact) mass is 462 g/mol. The SMILES string of the molecule is Cc1noc2nc(-c3ccc(F)cc3)cc(C(=O)N3CCN(c4ccc([N+](=O)[O-])cn4)CC3)c12. The number of hydrogen-bond donors (Lipinski definition) is 0. The summed E-state index contributed by atoms with van der Waals surface area (Å²) in [7, 11) is 0. The number of aryl methyl sites for hydroxylation is 1. The molecule has 1 saturated heterocycles. The standard InChI is InChI=1S/C23H19FN6O4/c1-14-21-18(12-19(26-22(21)34-27-14)15-2-4-16(24)5-3-15)23(31)29-10-8-28(9-11-29)20-7-6-17(13-25-20)30(32)33/h2-7,12-13H,8-11H2,1H3. The minimum Gasteiger partial charge on any atom is -0.353 e. The molecular formula is C23H19FN6O4. The van der Waals surface area contributed by atoms with Crippen molar-refractivity contribution >= 4 is 28.5 Å². The quantitative estimate of drug-likeness (QED) is 0.333. The number of benzene rings is 1. The number of piperazine rings is 1. The number of aromatic nitrogens is 3. The molecule has 4 heterocycles. The molecule has 0 aliphatic carbocycles. The molecule has 10 nitrogen and oxygen atoms in total. The number of anilines is 1. The van der Waals surface area contributed by atoms with Gasteiger partial charge in [-0.15, -0.1) is 0 Å². The lowest BCUT2D eigenvalue weighted by Gasteiger charge is -2.35. The van der Waals surface area contributed by atoms with Gasteiger partial charge in [-0.2, -0.15) is 0 Å². The maximum absolute atomic E-state index is 13.5. The van der Waals surface area contributed by atoms with Crippen LogP contribution in [0, 0.1) is 22.9 Å². The van der Waals surface area contributed by atoms with E-state index in [1.165, 1.54) is 24.4 Å². The minimum absolute atomic E-state index is 0.0692. The number of hydrogen-bond acceptors (Lipinski definition) is 8. The van der Waals surface area contributed by atoms with E-state index in [0.29, 0.717) is 59.9 Å². The summed E-state index contributed by atoms with van der Waals surface area (Å²) in [6, 6.07) is 10.6. The van der Waals surface area contributed by atoms with Crippen molar-refractivity contribution in [2.75, 3.05) is 31.1 Å². The van der Waals surface area contributed by atoms with Gasteiger partial charge < -0.3 is 14.3 Å². The predicted octanol–water partition coefficient (Wildman–Crippen LogP) is 3.60. The Morgan fingerprint density at radius 3 is 2.50 bits per heavy atom. The number of rotatable bonds is 4.